The molecule has 1 aromatic rings. The number of esters is 2. The van der Waals surface area contributed by atoms with Crippen molar-refractivity contribution in [3.8, 4) is 0 Å². The molecule has 0 aromatic heterocycles. The number of rotatable bonds is 7. The molecule has 1 atom stereocenters. The Morgan fingerprint density at radius 2 is 1.54 bits per heavy atom. The molecule has 0 saturated carbocycles. The first kappa shape index (κ1) is 19.7. The van der Waals surface area contributed by atoms with Crippen molar-refractivity contribution < 1.29 is 32.2 Å². The van der Waals surface area contributed by atoms with Crippen molar-refractivity contribution in [3.63, 3.8) is 0 Å². The molecule has 0 aliphatic rings. The van der Waals surface area contributed by atoms with E-state index in [1.165, 1.54) is 18.2 Å². The van der Waals surface area contributed by atoms with Crippen LogP contribution in [0.1, 0.15) is 30.9 Å². The summed E-state index contributed by atoms with van der Waals surface area (Å²) < 4.78 is 47.7. The molecule has 24 heavy (non-hydrogen) atoms. The van der Waals surface area contributed by atoms with Crippen molar-refractivity contribution in [3.05, 3.63) is 48.0 Å². The topological polar surface area (TPSA) is 52.6 Å². The fourth-order valence-electron chi connectivity index (χ4n) is 2.21. The number of hydrogen-bond acceptors (Lipinski definition) is 4. The molecule has 0 radical (unpaired) electrons. The first-order chi connectivity index (χ1) is 11.3. The minimum atomic E-state index is -4.47. The fraction of sp³-hybridized carbons (Fsp3) is 0.412. The van der Waals surface area contributed by atoms with E-state index in [0.29, 0.717) is 5.56 Å². The second-order valence-corrected chi connectivity index (χ2v) is 4.86. The van der Waals surface area contributed by atoms with Gasteiger partial charge in [-0.1, -0.05) is 18.2 Å². The molecule has 132 valence electrons. The van der Waals surface area contributed by atoms with Gasteiger partial charge in [-0.3, -0.25) is 9.59 Å². The Bertz CT molecular complexity index is 560. The monoisotopic (exact) mass is 344 g/mol. The molecule has 7 heteroatoms. The van der Waals surface area contributed by atoms with Crippen LogP contribution in [0.3, 0.4) is 0 Å². The molecule has 4 nitrogen and oxygen atoms in total. The van der Waals surface area contributed by atoms with Gasteiger partial charge in [-0.25, -0.2) is 0 Å². The van der Waals surface area contributed by atoms with Gasteiger partial charge in [0.25, 0.3) is 0 Å². The Hall–Kier alpha value is -2.31. The summed E-state index contributed by atoms with van der Waals surface area (Å²) in [7, 11) is 0. The predicted molar refractivity (Wildman–Crippen MR) is 81.1 cm³/mol. The van der Waals surface area contributed by atoms with Crippen LogP contribution >= 0.6 is 0 Å². The van der Waals surface area contributed by atoms with E-state index in [2.05, 4.69) is 6.58 Å². The van der Waals surface area contributed by atoms with Gasteiger partial charge in [-0.2, -0.15) is 13.2 Å². The summed E-state index contributed by atoms with van der Waals surface area (Å²) in [6.45, 7) is 6.87. The van der Waals surface area contributed by atoms with Gasteiger partial charge in [-0.05, 0) is 31.5 Å². The highest BCUT2D eigenvalue weighted by Crippen LogP contribution is 2.33. The predicted octanol–water partition coefficient (Wildman–Crippen LogP) is 3.72. The van der Waals surface area contributed by atoms with Crippen molar-refractivity contribution in [2.45, 2.75) is 25.9 Å². The van der Waals surface area contributed by atoms with Crippen molar-refractivity contribution >= 4 is 11.9 Å². The van der Waals surface area contributed by atoms with Gasteiger partial charge in [0.1, 0.15) is 0 Å². The largest absolute Gasteiger partial charge is 0.465 e. The number of allylic oxidation sites excluding steroid dienone is 1. The summed E-state index contributed by atoms with van der Waals surface area (Å²) in [6, 6.07) is 4.19. The van der Waals surface area contributed by atoms with Crippen LogP contribution in [-0.2, 0) is 25.2 Å². The second-order valence-electron chi connectivity index (χ2n) is 4.86. The highest BCUT2D eigenvalue weighted by Gasteiger charge is 2.37. The minimum absolute atomic E-state index is 0.0611. The van der Waals surface area contributed by atoms with E-state index in [0.717, 1.165) is 12.1 Å². The second kappa shape index (κ2) is 8.52. The lowest BCUT2D eigenvalue weighted by atomic mass is 9.85. The van der Waals surface area contributed by atoms with E-state index < -0.39 is 35.5 Å². The number of alkyl halides is 3. The Morgan fingerprint density at radius 3 is 1.88 bits per heavy atom. The maximum absolute atomic E-state index is 12.6. The standard InChI is InChI=1S/C17H19F3O4/c1-4-13(11-7-9-12(10-8-11)17(18,19)20)14(15(21)23-5-2)16(22)24-6-3/h4,7-10,13-14H,1,5-6H2,2-3H3. The highest BCUT2D eigenvalue weighted by atomic mass is 19.4. The molecule has 0 amide bonds. The van der Waals surface area contributed by atoms with Crippen LogP contribution < -0.4 is 0 Å². The molecule has 0 aliphatic heterocycles. The van der Waals surface area contributed by atoms with Crippen molar-refractivity contribution in [1.29, 1.82) is 0 Å². The molecule has 0 spiro atoms. The molecule has 0 N–H and O–H groups in total. The maximum Gasteiger partial charge on any atom is 0.416 e. The fourth-order valence-corrected chi connectivity index (χ4v) is 2.21. The van der Waals surface area contributed by atoms with Crippen molar-refractivity contribution in [2.75, 3.05) is 13.2 Å². The minimum Gasteiger partial charge on any atom is -0.465 e. The Balaban J connectivity index is 3.19. The Kier molecular flexibility index (Phi) is 7.00. The van der Waals surface area contributed by atoms with Crippen LogP contribution in [0.15, 0.2) is 36.9 Å². The molecule has 0 aliphatic carbocycles. The van der Waals surface area contributed by atoms with Crippen LogP contribution in [0.5, 0.6) is 0 Å². The lowest BCUT2D eigenvalue weighted by Gasteiger charge is -2.22. The lowest BCUT2D eigenvalue weighted by Crippen LogP contribution is -2.32. The number of benzene rings is 1. The van der Waals surface area contributed by atoms with E-state index >= 15 is 0 Å². The summed E-state index contributed by atoms with van der Waals surface area (Å²) >= 11 is 0. The highest BCUT2D eigenvalue weighted by molar-refractivity contribution is 5.96. The van der Waals surface area contributed by atoms with E-state index in [4.69, 9.17) is 9.47 Å². The van der Waals surface area contributed by atoms with Crippen molar-refractivity contribution in [2.24, 2.45) is 5.92 Å². The van der Waals surface area contributed by atoms with Gasteiger partial charge in [0.15, 0.2) is 5.92 Å². The van der Waals surface area contributed by atoms with Gasteiger partial charge < -0.3 is 9.47 Å². The zero-order chi connectivity index (χ0) is 18.3. The average molecular weight is 344 g/mol. The number of carbonyl (C=O) groups excluding carboxylic acids is 2. The van der Waals surface area contributed by atoms with Gasteiger partial charge in [0, 0.05) is 5.92 Å². The first-order valence-electron chi connectivity index (χ1n) is 7.39. The van der Waals surface area contributed by atoms with Gasteiger partial charge in [0.2, 0.25) is 0 Å². The zero-order valence-corrected chi connectivity index (χ0v) is 13.4. The number of hydrogen-bond donors (Lipinski definition) is 0. The molecular formula is C17H19F3O4. The Labute approximate surface area is 138 Å². The van der Waals surface area contributed by atoms with Crippen LogP contribution in [0.2, 0.25) is 0 Å². The van der Waals surface area contributed by atoms with Crippen LogP contribution in [0.4, 0.5) is 13.2 Å². The van der Waals surface area contributed by atoms with Crippen molar-refractivity contribution in [1.82, 2.24) is 0 Å². The molecule has 1 rings (SSSR count). The summed E-state index contributed by atoms with van der Waals surface area (Å²) in [4.78, 5) is 24.2. The number of halogens is 3. The SMILES string of the molecule is C=CC(c1ccc(C(F)(F)F)cc1)C(C(=O)OCC)C(=O)OCC. The summed E-state index contributed by atoms with van der Waals surface area (Å²) in [5, 5.41) is 0. The van der Waals surface area contributed by atoms with Gasteiger partial charge >= 0.3 is 18.1 Å². The maximum atomic E-state index is 12.6. The zero-order valence-electron chi connectivity index (χ0n) is 13.4. The summed E-state index contributed by atoms with van der Waals surface area (Å²) in [6.07, 6.45) is -3.15. The van der Waals surface area contributed by atoms with Gasteiger partial charge in [0.05, 0.1) is 18.8 Å². The third-order valence-electron chi connectivity index (χ3n) is 3.32. The van der Waals surface area contributed by atoms with E-state index in [1.54, 1.807) is 13.8 Å². The first-order valence-corrected chi connectivity index (χ1v) is 7.39. The average Bonchev–Trinajstić information content (AvgIpc) is 2.52. The summed E-state index contributed by atoms with van der Waals surface area (Å²) in [5.41, 5.74) is -0.484. The normalized spacial score (nSPS) is 12.6. The van der Waals surface area contributed by atoms with E-state index in [9.17, 15) is 22.8 Å². The number of ether oxygens (including phenoxy) is 2. The molecule has 0 fully saturated rings. The molecule has 0 heterocycles. The quantitative estimate of drug-likeness (QED) is 0.430. The van der Waals surface area contributed by atoms with Gasteiger partial charge in [-0.15, -0.1) is 6.58 Å². The molecule has 0 bridgehead atoms. The third-order valence-corrected chi connectivity index (χ3v) is 3.32. The summed E-state index contributed by atoms with van der Waals surface area (Å²) in [5.74, 6) is -3.79. The molecular weight excluding hydrogens is 325 g/mol. The lowest BCUT2D eigenvalue weighted by molar-refractivity contribution is -0.162. The molecule has 1 unspecified atom stereocenters. The smallest absolute Gasteiger partial charge is 0.416 e. The number of carbonyl (C=O) groups is 2. The Morgan fingerprint density at radius 1 is 1.08 bits per heavy atom. The van der Waals surface area contributed by atoms with Crippen LogP contribution in [0, 0.1) is 5.92 Å². The van der Waals surface area contributed by atoms with E-state index in [-0.39, 0.29) is 13.2 Å². The molecule has 1 aromatic carbocycles. The van der Waals surface area contributed by atoms with Crippen LogP contribution in [-0.4, -0.2) is 25.2 Å². The van der Waals surface area contributed by atoms with E-state index in [1.807, 2.05) is 0 Å². The van der Waals surface area contributed by atoms with Crippen LogP contribution in [0.25, 0.3) is 0 Å². The molecule has 0 saturated heterocycles. The third kappa shape index (κ3) is 4.84.